The molecule has 0 aliphatic heterocycles. The summed E-state index contributed by atoms with van der Waals surface area (Å²) in [4.78, 5) is 12.2. The van der Waals surface area contributed by atoms with Gasteiger partial charge >= 0.3 is 0 Å². The van der Waals surface area contributed by atoms with E-state index in [0.29, 0.717) is 12.1 Å². The molecular formula is C17H20N2O. The number of carbonyl (C=O) groups is 1. The molecule has 3 nitrogen and oxygen atoms in total. The molecule has 0 aliphatic carbocycles. The lowest BCUT2D eigenvalue weighted by Gasteiger charge is -2.10. The van der Waals surface area contributed by atoms with Gasteiger partial charge in [0.05, 0.1) is 5.56 Å². The lowest BCUT2D eigenvalue weighted by Crippen LogP contribution is -2.23. The van der Waals surface area contributed by atoms with Crippen molar-refractivity contribution < 1.29 is 4.79 Å². The van der Waals surface area contributed by atoms with Crippen LogP contribution in [0.2, 0.25) is 0 Å². The van der Waals surface area contributed by atoms with Crippen LogP contribution < -0.4 is 10.6 Å². The van der Waals surface area contributed by atoms with Crippen LogP contribution in [0.1, 0.15) is 28.4 Å². The van der Waals surface area contributed by atoms with E-state index in [0.717, 1.165) is 17.7 Å². The standard InChI is InChI=1S/C17H20N2O/c1-3-13-8-10-14(11-9-13)12-19-17(20)15-6-4-5-7-16(15)18-2/h4-11,18H,3,12H2,1-2H3,(H,19,20). The summed E-state index contributed by atoms with van der Waals surface area (Å²) in [7, 11) is 1.82. The molecule has 104 valence electrons. The molecule has 0 radical (unpaired) electrons. The van der Waals surface area contributed by atoms with Gasteiger partial charge in [-0.3, -0.25) is 4.79 Å². The van der Waals surface area contributed by atoms with Crippen LogP contribution in [-0.4, -0.2) is 13.0 Å². The Morgan fingerprint density at radius 2 is 1.65 bits per heavy atom. The van der Waals surface area contributed by atoms with Gasteiger partial charge in [0.15, 0.2) is 0 Å². The van der Waals surface area contributed by atoms with Crippen molar-refractivity contribution in [3.05, 3.63) is 65.2 Å². The van der Waals surface area contributed by atoms with E-state index in [9.17, 15) is 4.79 Å². The van der Waals surface area contributed by atoms with E-state index in [4.69, 9.17) is 0 Å². The van der Waals surface area contributed by atoms with E-state index in [1.807, 2.05) is 31.3 Å². The third-order valence-corrected chi connectivity index (χ3v) is 3.33. The molecule has 2 N–H and O–H groups in total. The molecule has 0 atom stereocenters. The minimum Gasteiger partial charge on any atom is -0.387 e. The highest BCUT2D eigenvalue weighted by molar-refractivity contribution is 5.99. The molecule has 2 rings (SSSR count). The maximum Gasteiger partial charge on any atom is 0.253 e. The minimum atomic E-state index is -0.0606. The quantitative estimate of drug-likeness (QED) is 0.874. The van der Waals surface area contributed by atoms with Crippen LogP contribution in [0.25, 0.3) is 0 Å². The van der Waals surface area contributed by atoms with Gasteiger partial charge in [0.1, 0.15) is 0 Å². The Labute approximate surface area is 120 Å². The number of anilines is 1. The molecule has 2 aromatic carbocycles. The molecule has 0 unspecified atom stereocenters. The van der Waals surface area contributed by atoms with E-state index in [-0.39, 0.29) is 5.91 Å². The van der Waals surface area contributed by atoms with Crippen LogP contribution in [0, 0.1) is 0 Å². The molecule has 20 heavy (non-hydrogen) atoms. The van der Waals surface area contributed by atoms with Gasteiger partial charge in [0, 0.05) is 19.3 Å². The summed E-state index contributed by atoms with van der Waals surface area (Å²) in [6, 6.07) is 15.8. The summed E-state index contributed by atoms with van der Waals surface area (Å²) < 4.78 is 0. The molecule has 0 fully saturated rings. The Kier molecular flexibility index (Phi) is 4.77. The number of aryl methyl sites for hydroxylation is 1. The monoisotopic (exact) mass is 268 g/mol. The molecule has 1 amide bonds. The van der Waals surface area contributed by atoms with Crippen molar-refractivity contribution in [3.63, 3.8) is 0 Å². The highest BCUT2D eigenvalue weighted by Crippen LogP contribution is 2.14. The second kappa shape index (κ2) is 6.75. The second-order valence-corrected chi connectivity index (χ2v) is 4.65. The Morgan fingerprint density at radius 1 is 1.00 bits per heavy atom. The van der Waals surface area contributed by atoms with Crippen LogP contribution >= 0.6 is 0 Å². The summed E-state index contributed by atoms with van der Waals surface area (Å²) >= 11 is 0. The van der Waals surface area contributed by atoms with Crippen LogP contribution in [0.5, 0.6) is 0 Å². The van der Waals surface area contributed by atoms with E-state index in [1.165, 1.54) is 5.56 Å². The van der Waals surface area contributed by atoms with Crippen molar-refractivity contribution in [1.29, 1.82) is 0 Å². The molecule has 0 saturated carbocycles. The highest BCUT2D eigenvalue weighted by atomic mass is 16.1. The zero-order chi connectivity index (χ0) is 14.4. The highest BCUT2D eigenvalue weighted by Gasteiger charge is 2.09. The van der Waals surface area contributed by atoms with Gasteiger partial charge in [-0.15, -0.1) is 0 Å². The summed E-state index contributed by atoms with van der Waals surface area (Å²) in [6.07, 6.45) is 1.03. The lowest BCUT2D eigenvalue weighted by atomic mass is 10.1. The number of rotatable bonds is 5. The maximum absolute atomic E-state index is 12.2. The molecule has 0 bridgehead atoms. The van der Waals surface area contributed by atoms with E-state index < -0.39 is 0 Å². The Hall–Kier alpha value is -2.29. The third kappa shape index (κ3) is 3.38. The summed E-state index contributed by atoms with van der Waals surface area (Å²) in [5.74, 6) is -0.0606. The zero-order valence-electron chi connectivity index (χ0n) is 11.9. The SMILES string of the molecule is CCc1ccc(CNC(=O)c2ccccc2NC)cc1. The molecule has 0 aliphatic rings. The van der Waals surface area contributed by atoms with Gasteiger partial charge < -0.3 is 10.6 Å². The largest absolute Gasteiger partial charge is 0.387 e. The predicted molar refractivity (Wildman–Crippen MR) is 83.0 cm³/mol. The van der Waals surface area contributed by atoms with Gasteiger partial charge in [-0.2, -0.15) is 0 Å². The Bertz CT molecular complexity index is 576. The van der Waals surface area contributed by atoms with E-state index >= 15 is 0 Å². The van der Waals surface area contributed by atoms with Gasteiger partial charge in [-0.25, -0.2) is 0 Å². The predicted octanol–water partition coefficient (Wildman–Crippen LogP) is 3.22. The second-order valence-electron chi connectivity index (χ2n) is 4.65. The van der Waals surface area contributed by atoms with E-state index in [2.05, 4.69) is 41.8 Å². The van der Waals surface area contributed by atoms with Crippen molar-refractivity contribution in [2.45, 2.75) is 19.9 Å². The smallest absolute Gasteiger partial charge is 0.253 e. The minimum absolute atomic E-state index is 0.0606. The van der Waals surface area contributed by atoms with Crippen LogP contribution in [-0.2, 0) is 13.0 Å². The maximum atomic E-state index is 12.2. The molecule has 2 aromatic rings. The van der Waals surface area contributed by atoms with Crippen molar-refractivity contribution in [2.75, 3.05) is 12.4 Å². The number of nitrogens with one attached hydrogen (secondary N) is 2. The molecule has 3 heteroatoms. The fraction of sp³-hybridized carbons (Fsp3) is 0.235. The normalized spacial score (nSPS) is 10.1. The summed E-state index contributed by atoms with van der Waals surface area (Å²) in [5.41, 5.74) is 3.92. The number of para-hydroxylation sites is 1. The van der Waals surface area contributed by atoms with Gasteiger partial charge in [-0.1, -0.05) is 43.3 Å². The number of amides is 1. The Balaban J connectivity index is 2.01. The molecule has 0 spiro atoms. The first kappa shape index (κ1) is 14.1. The van der Waals surface area contributed by atoms with Crippen molar-refractivity contribution >= 4 is 11.6 Å². The average molecular weight is 268 g/mol. The number of hydrogen-bond donors (Lipinski definition) is 2. The first-order chi connectivity index (χ1) is 9.74. The van der Waals surface area contributed by atoms with Crippen LogP contribution in [0.4, 0.5) is 5.69 Å². The number of hydrogen-bond acceptors (Lipinski definition) is 2. The van der Waals surface area contributed by atoms with Crippen molar-refractivity contribution in [1.82, 2.24) is 5.32 Å². The number of benzene rings is 2. The summed E-state index contributed by atoms with van der Waals surface area (Å²) in [6.45, 7) is 2.67. The molecular weight excluding hydrogens is 248 g/mol. The lowest BCUT2D eigenvalue weighted by molar-refractivity contribution is 0.0951. The first-order valence-corrected chi connectivity index (χ1v) is 6.87. The van der Waals surface area contributed by atoms with Gasteiger partial charge in [0.25, 0.3) is 5.91 Å². The molecule has 0 saturated heterocycles. The van der Waals surface area contributed by atoms with Crippen molar-refractivity contribution in [2.24, 2.45) is 0 Å². The van der Waals surface area contributed by atoms with E-state index in [1.54, 1.807) is 0 Å². The number of carbonyl (C=O) groups excluding carboxylic acids is 1. The molecule has 0 aromatic heterocycles. The fourth-order valence-electron chi connectivity index (χ4n) is 2.07. The van der Waals surface area contributed by atoms with Gasteiger partial charge in [0.2, 0.25) is 0 Å². The fourth-order valence-corrected chi connectivity index (χ4v) is 2.07. The summed E-state index contributed by atoms with van der Waals surface area (Å²) in [5, 5.41) is 5.98. The topological polar surface area (TPSA) is 41.1 Å². The third-order valence-electron chi connectivity index (χ3n) is 3.33. The zero-order valence-corrected chi connectivity index (χ0v) is 11.9. The Morgan fingerprint density at radius 3 is 2.30 bits per heavy atom. The van der Waals surface area contributed by atoms with Gasteiger partial charge in [-0.05, 0) is 29.7 Å². The van der Waals surface area contributed by atoms with Crippen LogP contribution in [0.3, 0.4) is 0 Å². The molecule has 0 heterocycles. The average Bonchev–Trinajstić information content (AvgIpc) is 2.53. The van der Waals surface area contributed by atoms with Crippen LogP contribution in [0.15, 0.2) is 48.5 Å². The first-order valence-electron chi connectivity index (χ1n) is 6.87. The van der Waals surface area contributed by atoms with Crippen molar-refractivity contribution in [3.8, 4) is 0 Å².